The van der Waals surface area contributed by atoms with Gasteiger partial charge in [0.1, 0.15) is 0 Å². The Morgan fingerprint density at radius 1 is 1.05 bits per heavy atom. The molecule has 0 atom stereocenters. The first-order valence-corrected chi connectivity index (χ1v) is 9.15. The minimum Gasteiger partial charge on any atom is -0.316 e. The molecule has 3 fully saturated rings. The molecule has 3 aliphatic carbocycles. The highest BCUT2D eigenvalue weighted by molar-refractivity contribution is 4.95. The maximum absolute atomic E-state index is 3.68. The standard InChI is InChI=1S/C18H34N2/c1-3-19-13-18(10-8-15(2)9-11-18)14-20(17-6-7-17)12-16-4-5-16/h15-17,19H,3-14H2,1-2H3. The molecule has 3 saturated carbocycles. The minimum atomic E-state index is 0.583. The highest BCUT2D eigenvalue weighted by Crippen LogP contribution is 2.42. The first-order chi connectivity index (χ1) is 9.71. The fourth-order valence-electron chi connectivity index (χ4n) is 4.00. The maximum Gasteiger partial charge on any atom is 0.00967 e. The Morgan fingerprint density at radius 3 is 2.30 bits per heavy atom. The van der Waals surface area contributed by atoms with Crippen LogP contribution < -0.4 is 5.32 Å². The van der Waals surface area contributed by atoms with Crippen molar-refractivity contribution in [3.8, 4) is 0 Å². The zero-order valence-corrected chi connectivity index (χ0v) is 13.7. The molecule has 0 saturated heterocycles. The third kappa shape index (κ3) is 3.98. The van der Waals surface area contributed by atoms with Gasteiger partial charge in [-0.2, -0.15) is 0 Å². The third-order valence-electron chi connectivity index (χ3n) is 5.88. The Hall–Kier alpha value is -0.0800. The zero-order valence-electron chi connectivity index (χ0n) is 13.7. The maximum atomic E-state index is 3.68. The van der Waals surface area contributed by atoms with E-state index in [2.05, 4.69) is 24.1 Å². The molecule has 0 aromatic heterocycles. The van der Waals surface area contributed by atoms with Gasteiger partial charge in [0.05, 0.1) is 0 Å². The van der Waals surface area contributed by atoms with E-state index in [-0.39, 0.29) is 0 Å². The Kier molecular flexibility index (Phi) is 4.72. The van der Waals surface area contributed by atoms with Crippen molar-refractivity contribution in [3.63, 3.8) is 0 Å². The molecule has 0 spiro atoms. The normalized spacial score (nSPS) is 34.6. The van der Waals surface area contributed by atoms with Gasteiger partial charge in [0.25, 0.3) is 0 Å². The second-order valence-electron chi connectivity index (χ2n) is 8.07. The monoisotopic (exact) mass is 278 g/mol. The SMILES string of the molecule is CCNCC1(CN(CC2CC2)C2CC2)CCC(C)CC1. The highest BCUT2D eigenvalue weighted by atomic mass is 15.2. The smallest absolute Gasteiger partial charge is 0.00967 e. The number of hydrogen-bond donors (Lipinski definition) is 1. The third-order valence-corrected chi connectivity index (χ3v) is 5.88. The van der Waals surface area contributed by atoms with Crippen LogP contribution in [0.4, 0.5) is 0 Å². The van der Waals surface area contributed by atoms with Crippen LogP contribution >= 0.6 is 0 Å². The summed E-state index contributed by atoms with van der Waals surface area (Å²) in [5.41, 5.74) is 0.583. The molecular weight excluding hydrogens is 244 g/mol. The van der Waals surface area contributed by atoms with Crippen LogP contribution in [0.15, 0.2) is 0 Å². The van der Waals surface area contributed by atoms with Crippen LogP contribution in [0.3, 0.4) is 0 Å². The van der Waals surface area contributed by atoms with Crippen molar-refractivity contribution >= 4 is 0 Å². The molecule has 20 heavy (non-hydrogen) atoms. The van der Waals surface area contributed by atoms with Crippen LogP contribution in [-0.2, 0) is 0 Å². The van der Waals surface area contributed by atoms with Crippen molar-refractivity contribution in [2.75, 3.05) is 26.2 Å². The summed E-state index contributed by atoms with van der Waals surface area (Å²) >= 11 is 0. The summed E-state index contributed by atoms with van der Waals surface area (Å²) in [6.45, 7) is 9.87. The predicted molar refractivity (Wildman–Crippen MR) is 85.9 cm³/mol. The molecule has 0 heterocycles. The van der Waals surface area contributed by atoms with Gasteiger partial charge in [0.15, 0.2) is 0 Å². The van der Waals surface area contributed by atoms with Crippen LogP contribution in [0.5, 0.6) is 0 Å². The van der Waals surface area contributed by atoms with Crippen LogP contribution in [-0.4, -0.2) is 37.1 Å². The van der Waals surface area contributed by atoms with Crippen molar-refractivity contribution in [2.24, 2.45) is 17.3 Å². The number of nitrogens with zero attached hydrogens (tertiary/aromatic N) is 1. The van der Waals surface area contributed by atoms with Crippen LogP contribution in [0.25, 0.3) is 0 Å². The molecule has 0 aliphatic heterocycles. The molecule has 2 nitrogen and oxygen atoms in total. The van der Waals surface area contributed by atoms with Crippen molar-refractivity contribution < 1.29 is 0 Å². The lowest BCUT2D eigenvalue weighted by Crippen LogP contribution is -2.47. The first kappa shape index (κ1) is 14.8. The van der Waals surface area contributed by atoms with E-state index in [1.165, 1.54) is 71.0 Å². The van der Waals surface area contributed by atoms with Gasteiger partial charge < -0.3 is 5.32 Å². The fraction of sp³-hybridized carbons (Fsp3) is 1.00. The average molecular weight is 278 g/mol. The summed E-state index contributed by atoms with van der Waals surface area (Å²) in [4.78, 5) is 2.89. The Labute approximate surface area is 125 Å². The molecule has 0 aromatic carbocycles. The van der Waals surface area contributed by atoms with E-state index < -0.39 is 0 Å². The van der Waals surface area contributed by atoms with E-state index in [0.29, 0.717) is 5.41 Å². The molecule has 0 radical (unpaired) electrons. The summed E-state index contributed by atoms with van der Waals surface area (Å²) in [6, 6.07) is 0.952. The van der Waals surface area contributed by atoms with E-state index >= 15 is 0 Å². The van der Waals surface area contributed by atoms with Gasteiger partial charge in [-0.05, 0) is 62.3 Å². The van der Waals surface area contributed by atoms with E-state index in [0.717, 1.165) is 24.4 Å². The lowest BCUT2D eigenvalue weighted by Gasteiger charge is -2.43. The highest BCUT2D eigenvalue weighted by Gasteiger charge is 2.40. The molecule has 0 aromatic rings. The number of hydrogen-bond acceptors (Lipinski definition) is 2. The van der Waals surface area contributed by atoms with Gasteiger partial charge in [-0.3, -0.25) is 4.90 Å². The predicted octanol–water partition coefficient (Wildman–Crippen LogP) is 3.67. The van der Waals surface area contributed by atoms with Crippen LogP contribution in [0.1, 0.15) is 65.2 Å². The molecule has 2 heteroatoms. The van der Waals surface area contributed by atoms with Gasteiger partial charge in [0.2, 0.25) is 0 Å². The molecule has 3 aliphatic rings. The second-order valence-corrected chi connectivity index (χ2v) is 8.07. The van der Waals surface area contributed by atoms with E-state index in [9.17, 15) is 0 Å². The lowest BCUT2D eigenvalue weighted by molar-refractivity contribution is 0.0799. The van der Waals surface area contributed by atoms with E-state index in [4.69, 9.17) is 0 Å². The number of nitrogens with one attached hydrogen (secondary N) is 1. The molecular formula is C18H34N2. The van der Waals surface area contributed by atoms with Crippen LogP contribution in [0, 0.1) is 17.3 Å². The van der Waals surface area contributed by atoms with Gasteiger partial charge in [-0.25, -0.2) is 0 Å². The van der Waals surface area contributed by atoms with Crippen molar-refractivity contribution in [1.29, 1.82) is 0 Å². The molecule has 116 valence electrons. The first-order valence-electron chi connectivity index (χ1n) is 9.15. The fourth-order valence-corrected chi connectivity index (χ4v) is 4.00. The van der Waals surface area contributed by atoms with Gasteiger partial charge >= 0.3 is 0 Å². The quantitative estimate of drug-likeness (QED) is 0.729. The summed E-state index contributed by atoms with van der Waals surface area (Å²) < 4.78 is 0. The summed E-state index contributed by atoms with van der Waals surface area (Å²) in [6.07, 6.45) is 11.8. The molecule has 0 amide bonds. The average Bonchev–Trinajstić information content (AvgIpc) is 3.31. The van der Waals surface area contributed by atoms with Crippen molar-refractivity contribution in [2.45, 2.75) is 71.3 Å². The van der Waals surface area contributed by atoms with E-state index in [1.54, 1.807) is 0 Å². The van der Waals surface area contributed by atoms with Crippen molar-refractivity contribution in [1.82, 2.24) is 10.2 Å². The van der Waals surface area contributed by atoms with Crippen LogP contribution in [0.2, 0.25) is 0 Å². The van der Waals surface area contributed by atoms with Gasteiger partial charge in [-0.1, -0.05) is 26.7 Å². The molecule has 0 bridgehead atoms. The zero-order chi connectivity index (χ0) is 14.0. The van der Waals surface area contributed by atoms with Gasteiger partial charge in [-0.15, -0.1) is 0 Å². The summed E-state index contributed by atoms with van der Waals surface area (Å²) in [5, 5.41) is 3.68. The largest absolute Gasteiger partial charge is 0.316 e. The molecule has 3 rings (SSSR count). The van der Waals surface area contributed by atoms with Gasteiger partial charge in [0, 0.05) is 25.7 Å². The Balaban J connectivity index is 1.60. The Bertz CT molecular complexity index is 293. The molecule has 0 unspecified atom stereocenters. The van der Waals surface area contributed by atoms with Crippen molar-refractivity contribution in [3.05, 3.63) is 0 Å². The topological polar surface area (TPSA) is 15.3 Å². The lowest BCUT2D eigenvalue weighted by atomic mass is 9.70. The minimum absolute atomic E-state index is 0.583. The number of rotatable bonds is 8. The Morgan fingerprint density at radius 2 is 1.75 bits per heavy atom. The second kappa shape index (κ2) is 6.36. The van der Waals surface area contributed by atoms with E-state index in [1.807, 2.05) is 0 Å². The summed E-state index contributed by atoms with van der Waals surface area (Å²) in [7, 11) is 0. The summed E-state index contributed by atoms with van der Waals surface area (Å²) in [5.74, 6) is 2.01. The molecule has 1 N–H and O–H groups in total.